The zero-order valence-corrected chi connectivity index (χ0v) is 12.9. The fourth-order valence-corrected chi connectivity index (χ4v) is 1.75. The fraction of sp³-hybridized carbons (Fsp3) is 0. The van der Waals surface area contributed by atoms with E-state index in [0.717, 1.165) is 0 Å². The largest absolute Gasteiger partial charge is 0.329 e. The number of nitro groups is 1. The zero-order valence-electron chi connectivity index (χ0n) is 12.1. The van der Waals surface area contributed by atoms with Gasteiger partial charge in [0, 0.05) is 22.8 Å². The van der Waals surface area contributed by atoms with Gasteiger partial charge in [-0.05, 0) is 42.0 Å². The molecule has 0 aliphatic heterocycles. The molecule has 0 fully saturated rings. The molecule has 0 aliphatic rings. The lowest BCUT2D eigenvalue weighted by molar-refractivity contribution is -0.384. The van der Waals surface area contributed by atoms with Gasteiger partial charge in [0.1, 0.15) is 0 Å². The van der Waals surface area contributed by atoms with E-state index in [1.165, 1.54) is 30.5 Å². The molecule has 0 radical (unpaired) electrons. The number of carbonyl (C=O) groups is 2. The van der Waals surface area contributed by atoms with Crippen LogP contribution in [0.15, 0.2) is 53.6 Å². The maximum absolute atomic E-state index is 11.7. The van der Waals surface area contributed by atoms with E-state index in [0.29, 0.717) is 16.3 Å². The van der Waals surface area contributed by atoms with Crippen LogP contribution in [0.5, 0.6) is 0 Å². The van der Waals surface area contributed by atoms with Crippen molar-refractivity contribution < 1.29 is 14.5 Å². The fourth-order valence-electron chi connectivity index (χ4n) is 1.62. The average Bonchev–Trinajstić information content (AvgIpc) is 2.57. The van der Waals surface area contributed by atoms with Crippen molar-refractivity contribution in [3.05, 3.63) is 69.2 Å². The van der Waals surface area contributed by atoms with Crippen LogP contribution in [-0.2, 0) is 9.59 Å². The van der Waals surface area contributed by atoms with Crippen molar-refractivity contribution in [1.29, 1.82) is 0 Å². The minimum Gasteiger partial charge on any atom is -0.318 e. The van der Waals surface area contributed by atoms with Gasteiger partial charge in [-0.15, -0.1) is 0 Å². The Balaban J connectivity index is 1.88. The second kappa shape index (κ2) is 7.84. The van der Waals surface area contributed by atoms with E-state index in [1.54, 1.807) is 24.3 Å². The second-order valence-corrected chi connectivity index (χ2v) is 4.95. The molecule has 2 aromatic rings. The van der Waals surface area contributed by atoms with Gasteiger partial charge in [0.25, 0.3) is 5.69 Å². The van der Waals surface area contributed by atoms with E-state index in [2.05, 4.69) is 15.8 Å². The number of nitrogens with one attached hydrogen (secondary N) is 2. The molecule has 9 heteroatoms. The van der Waals surface area contributed by atoms with Crippen LogP contribution in [0.1, 0.15) is 5.56 Å². The van der Waals surface area contributed by atoms with E-state index in [-0.39, 0.29) is 5.69 Å². The molecule has 0 atom stereocenters. The number of anilines is 1. The van der Waals surface area contributed by atoms with Crippen molar-refractivity contribution in [3.8, 4) is 0 Å². The Morgan fingerprint density at radius 1 is 1.04 bits per heavy atom. The summed E-state index contributed by atoms with van der Waals surface area (Å²) in [7, 11) is 0. The standard InChI is InChI=1S/C15H11ClN4O4/c16-11-3-5-12(6-4-11)18-14(21)15(22)19-17-9-10-1-7-13(8-2-10)20(23)24/h1-9H,(H,18,21)(H,19,22)/b17-9-. The lowest BCUT2D eigenvalue weighted by Crippen LogP contribution is -2.32. The molecule has 2 N–H and O–H groups in total. The molecule has 0 heterocycles. The summed E-state index contributed by atoms with van der Waals surface area (Å²) in [6.45, 7) is 0. The molecule has 2 aromatic carbocycles. The highest BCUT2D eigenvalue weighted by atomic mass is 35.5. The van der Waals surface area contributed by atoms with Gasteiger partial charge < -0.3 is 5.32 Å². The van der Waals surface area contributed by atoms with Gasteiger partial charge in [-0.2, -0.15) is 5.10 Å². The summed E-state index contributed by atoms with van der Waals surface area (Å²) in [5.41, 5.74) is 2.94. The smallest absolute Gasteiger partial charge is 0.318 e. The third-order valence-electron chi connectivity index (χ3n) is 2.79. The van der Waals surface area contributed by atoms with Crippen LogP contribution in [0.3, 0.4) is 0 Å². The number of hydrogen-bond donors (Lipinski definition) is 2. The molecule has 8 nitrogen and oxygen atoms in total. The first kappa shape index (κ1) is 17.1. The number of non-ortho nitro benzene ring substituents is 1. The number of hydrazone groups is 1. The predicted molar refractivity (Wildman–Crippen MR) is 88.9 cm³/mol. The summed E-state index contributed by atoms with van der Waals surface area (Å²) in [4.78, 5) is 33.2. The van der Waals surface area contributed by atoms with Crippen LogP contribution in [0.25, 0.3) is 0 Å². The Morgan fingerprint density at radius 3 is 2.25 bits per heavy atom. The summed E-state index contributed by atoms with van der Waals surface area (Å²) in [5, 5.41) is 17.0. The monoisotopic (exact) mass is 346 g/mol. The highest BCUT2D eigenvalue weighted by molar-refractivity contribution is 6.39. The van der Waals surface area contributed by atoms with Gasteiger partial charge in [-0.25, -0.2) is 5.43 Å². The molecule has 0 bridgehead atoms. The van der Waals surface area contributed by atoms with E-state index in [4.69, 9.17) is 11.6 Å². The molecule has 0 aromatic heterocycles. The molecule has 2 rings (SSSR count). The lowest BCUT2D eigenvalue weighted by atomic mass is 10.2. The minimum absolute atomic E-state index is 0.0569. The summed E-state index contributed by atoms with van der Waals surface area (Å²) in [6.07, 6.45) is 1.26. The second-order valence-electron chi connectivity index (χ2n) is 4.51. The van der Waals surface area contributed by atoms with Crippen LogP contribution in [0.4, 0.5) is 11.4 Å². The maximum atomic E-state index is 11.7. The first-order valence-corrected chi connectivity index (χ1v) is 6.98. The molecule has 0 unspecified atom stereocenters. The van der Waals surface area contributed by atoms with Crippen LogP contribution >= 0.6 is 11.6 Å². The third-order valence-corrected chi connectivity index (χ3v) is 3.04. The Kier molecular flexibility index (Phi) is 5.58. The number of rotatable bonds is 4. The number of amides is 2. The van der Waals surface area contributed by atoms with Gasteiger partial charge in [-0.3, -0.25) is 19.7 Å². The van der Waals surface area contributed by atoms with Crippen LogP contribution in [-0.4, -0.2) is 23.0 Å². The quantitative estimate of drug-likeness (QED) is 0.382. The molecule has 0 spiro atoms. The van der Waals surface area contributed by atoms with Crippen molar-refractivity contribution in [3.63, 3.8) is 0 Å². The Bertz CT molecular complexity index is 788. The Morgan fingerprint density at radius 2 is 1.67 bits per heavy atom. The molecule has 0 saturated heterocycles. The molecule has 24 heavy (non-hydrogen) atoms. The molecule has 122 valence electrons. The van der Waals surface area contributed by atoms with Crippen molar-refractivity contribution in [2.75, 3.05) is 5.32 Å². The van der Waals surface area contributed by atoms with Gasteiger partial charge >= 0.3 is 11.8 Å². The summed E-state index contributed by atoms with van der Waals surface area (Å²) >= 11 is 5.72. The number of benzene rings is 2. The maximum Gasteiger partial charge on any atom is 0.329 e. The highest BCUT2D eigenvalue weighted by Crippen LogP contribution is 2.13. The van der Waals surface area contributed by atoms with E-state index in [9.17, 15) is 19.7 Å². The van der Waals surface area contributed by atoms with Crippen LogP contribution < -0.4 is 10.7 Å². The van der Waals surface area contributed by atoms with Gasteiger partial charge in [-0.1, -0.05) is 11.6 Å². The van der Waals surface area contributed by atoms with E-state index in [1.807, 2.05) is 0 Å². The Hall–Kier alpha value is -3.26. The van der Waals surface area contributed by atoms with Crippen molar-refractivity contribution >= 4 is 41.0 Å². The number of halogens is 1. The zero-order chi connectivity index (χ0) is 17.5. The lowest BCUT2D eigenvalue weighted by Gasteiger charge is -2.03. The Labute approximate surface area is 141 Å². The van der Waals surface area contributed by atoms with E-state index >= 15 is 0 Å². The van der Waals surface area contributed by atoms with Crippen LogP contribution in [0, 0.1) is 10.1 Å². The van der Waals surface area contributed by atoms with E-state index < -0.39 is 16.7 Å². The highest BCUT2D eigenvalue weighted by Gasteiger charge is 2.12. The number of carbonyl (C=O) groups excluding carboxylic acids is 2. The summed E-state index contributed by atoms with van der Waals surface area (Å²) in [6, 6.07) is 11.8. The van der Waals surface area contributed by atoms with Crippen molar-refractivity contribution in [2.24, 2.45) is 5.10 Å². The SMILES string of the molecule is O=C(N/N=C\c1ccc([N+](=O)[O-])cc1)C(=O)Nc1ccc(Cl)cc1. The summed E-state index contributed by atoms with van der Waals surface area (Å²) in [5.74, 6) is -1.85. The number of hydrogen-bond acceptors (Lipinski definition) is 5. The van der Waals surface area contributed by atoms with Gasteiger partial charge in [0.05, 0.1) is 11.1 Å². The number of nitro benzene ring substituents is 1. The first-order chi connectivity index (χ1) is 11.5. The minimum atomic E-state index is -0.955. The topological polar surface area (TPSA) is 114 Å². The molecular formula is C15H11ClN4O4. The molecule has 2 amide bonds. The van der Waals surface area contributed by atoms with Crippen molar-refractivity contribution in [1.82, 2.24) is 5.43 Å². The predicted octanol–water partition coefficient (Wildman–Crippen LogP) is 2.34. The van der Waals surface area contributed by atoms with Gasteiger partial charge in [0.2, 0.25) is 0 Å². The molecule has 0 aliphatic carbocycles. The molecule has 0 saturated carbocycles. The number of nitrogens with zero attached hydrogens (tertiary/aromatic N) is 2. The average molecular weight is 347 g/mol. The van der Waals surface area contributed by atoms with Crippen molar-refractivity contribution in [2.45, 2.75) is 0 Å². The van der Waals surface area contributed by atoms with Crippen LogP contribution in [0.2, 0.25) is 5.02 Å². The summed E-state index contributed by atoms with van der Waals surface area (Å²) < 4.78 is 0. The third kappa shape index (κ3) is 4.89. The van der Waals surface area contributed by atoms with Gasteiger partial charge in [0.15, 0.2) is 0 Å². The first-order valence-electron chi connectivity index (χ1n) is 6.60. The molecular weight excluding hydrogens is 336 g/mol. The normalized spacial score (nSPS) is 10.4.